The second kappa shape index (κ2) is 7.66. The number of anilines is 2. The van der Waals surface area contributed by atoms with E-state index in [0.29, 0.717) is 35.8 Å². The first-order valence-corrected chi connectivity index (χ1v) is 6.66. The number of nitrogens with zero attached hydrogens (tertiary/aromatic N) is 2. The number of rotatable bonds is 7. The molecular formula is C14H16ClN3O3. The Labute approximate surface area is 128 Å². The van der Waals surface area contributed by atoms with Gasteiger partial charge in [0.05, 0.1) is 18.7 Å². The Balaban J connectivity index is 2.05. The first-order valence-electron chi connectivity index (χ1n) is 6.28. The van der Waals surface area contributed by atoms with Crippen molar-refractivity contribution in [1.82, 2.24) is 9.97 Å². The molecule has 7 heteroatoms. The van der Waals surface area contributed by atoms with Gasteiger partial charge in [-0.3, -0.25) is 0 Å². The molecule has 0 aliphatic heterocycles. The zero-order chi connectivity index (χ0) is 15.1. The highest BCUT2D eigenvalue weighted by molar-refractivity contribution is 6.32. The molecule has 0 aliphatic carbocycles. The smallest absolute Gasteiger partial charge is 0.230 e. The number of hydrogen-bond acceptors (Lipinski definition) is 6. The average molecular weight is 310 g/mol. The first-order chi connectivity index (χ1) is 10.2. The third-order valence-electron chi connectivity index (χ3n) is 2.57. The second-order valence-electron chi connectivity index (χ2n) is 4.03. The number of aromatic nitrogens is 2. The van der Waals surface area contributed by atoms with Crippen LogP contribution in [0.1, 0.15) is 0 Å². The summed E-state index contributed by atoms with van der Waals surface area (Å²) in [6.07, 6.45) is 1.61. The predicted molar refractivity (Wildman–Crippen MR) is 80.7 cm³/mol. The molecule has 0 spiro atoms. The number of hydrogen-bond donors (Lipinski definition) is 1. The van der Waals surface area contributed by atoms with Gasteiger partial charge in [-0.25, -0.2) is 4.98 Å². The van der Waals surface area contributed by atoms with Crippen molar-refractivity contribution >= 4 is 23.2 Å². The minimum Gasteiger partial charge on any atom is -0.490 e. The number of methoxy groups -OCH3 is 2. The summed E-state index contributed by atoms with van der Waals surface area (Å²) in [4.78, 5) is 8.27. The van der Waals surface area contributed by atoms with Crippen molar-refractivity contribution in [3.05, 3.63) is 35.5 Å². The second-order valence-corrected chi connectivity index (χ2v) is 4.44. The van der Waals surface area contributed by atoms with Gasteiger partial charge in [-0.1, -0.05) is 11.6 Å². The number of ether oxygens (including phenoxy) is 3. The van der Waals surface area contributed by atoms with Gasteiger partial charge in [-0.2, -0.15) is 4.98 Å². The van der Waals surface area contributed by atoms with Crippen molar-refractivity contribution in [3.63, 3.8) is 0 Å². The molecule has 0 saturated heterocycles. The minimum absolute atomic E-state index is 0.429. The Morgan fingerprint density at radius 3 is 2.76 bits per heavy atom. The quantitative estimate of drug-likeness (QED) is 0.793. The fourth-order valence-corrected chi connectivity index (χ4v) is 1.81. The van der Waals surface area contributed by atoms with Crippen LogP contribution in [0.25, 0.3) is 0 Å². The van der Waals surface area contributed by atoms with Gasteiger partial charge >= 0.3 is 0 Å². The average Bonchev–Trinajstić information content (AvgIpc) is 2.50. The van der Waals surface area contributed by atoms with E-state index in [0.717, 1.165) is 5.69 Å². The molecule has 1 N–H and O–H groups in total. The fourth-order valence-electron chi connectivity index (χ4n) is 1.58. The summed E-state index contributed by atoms with van der Waals surface area (Å²) in [5.41, 5.74) is 0.757. The van der Waals surface area contributed by atoms with E-state index >= 15 is 0 Å². The van der Waals surface area contributed by atoms with Gasteiger partial charge in [0, 0.05) is 25.1 Å². The maximum Gasteiger partial charge on any atom is 0.230 e. The molecule has 0 radical (unpaired) electrons. The summed E-state index contributed by atoms with van der Waals surface area (Å²) in [5.74, 6) is 1.52. The summed E-state index contributed by atoms with van der Waals surface area (Å²) < 4.78 is 15.4. The summed E-state index contributed by atoms with van der Waals surface area (Å²) in [7, 11) is 3.17. The van der Waals surface area contributed by atoms with E-state index in [1.807, 2.05) is 6.07 Å². The zero-order valence-corrected chi connectivity index (χ0v) is 12.6. The highest BCUT2D eigenvalue weighted by Crippen LogP contribution is 2.28. The van der Waals surface area contributed by atoms with Crippen LogP contribution in [0.5, 0.6) is 11.6 Å². The molecule has 1 aromatic carbocycles. The van der Waals surface area contributed by atoms with Crippen molar-refractivity contribution in [2.75, 3.05) is 32.8 Å². The molecule has 0 aliphatic rings. The monoisotopic (exact) mass is 309 g/mol. The predicted octanol–water partition coefficient (Wildman–Crippen LogP) is 2.91. The van der Waals surface area contributed by atoms with Crippen LogP contribution in [-0.2, 0) is 4.74 Å². The molecule has 6 nitrogen and oxygen atoms in total. The van der Waals surface area contributed by atoms with E-state index < -0.39 is 0 Å². The Morgan fingerprint density at radius 1 is 1.19 bits per heavy atom. The van der Waals surface area contributed by atoms with Crippen LogP contribution in [0.2, 0.25) is 5.02 Å². The fraction of sp³-hybridized carbons (Fsp3) is 0.286. The number of nitrogens with one attached hydrogen (secondary N) is 1. The van der Waals surface area contributed by atoms with Crippen LogP contribution in [-0.4, -0.2) is 37.4 Å². The van der Waals surface area contributed by atoms with E-state index in [2.05, 4.69) is 15.3 Å². The topological polar surface area (TPSA) is 65.5 Å². The van der Waals surface area contributed by atoms with Crippen LogP contribution in [0, 0.1) is 0 Å². The van der Waals surface area contributed by atoms with E-state index in [1.165, 1.54) is 0 Å². The molecule has 0 fully saturated rings. The van der Waals surface area contributed by atoms with Crippen LogP contribution < -0.4 is 14.8 Å². The van der Waals surface area contributed by atoms with Gasteiger partial charge in [0.1, 0.15) is 12.4 Å². The molecule has 0 atom stereocenters. The van der Waals surface area contributed by atoms with Gasteiger partial charge in [0.15, 0.2) is 0 Å². The molecule has 0 bridgehead atoms. The van der Waals surface area contributed by atoms with E-state index in [4.69, 9.17) is 25.8 Å². The van der Waals surface area contributed by atoms with Crippen LogP contribution in [0.15, 0.2) is 30.5 Å². The summed E-state index contributed by atoms with van der Waals surface area (Å²) in [5, 5.41) is 3.55. The van der Waals surface area contributed by atoms with E-state index in [-0.39, 0.29) is 0 Å². The van der Waals surface area contributed by atoms with Crippen molar-refractivity contribution < 1.29 is 14.2 Å². The maximum absolute atomic E-state index is 6.16. The van der Waals surface area contributed by atoms with Crippen LogP contribution in [0.4, 0.5) is 11.6 Å². The summed E-state index contributed by atoms with van der Waals surface area (Å²) >= 11 is 6.16. The molecule has 1 aromatic heterocycles. The van der Waals surface area contributed by atoms with E-state index in [9.17, 15) is 0 Å². The SMILES string of the molecule is COCCOc1ccc(Nc2nccc(OC)n2)cc1Cl. The molecule has 1 heterocycles. The van der Waals surface area contributed by atoms with Crippen molar-refractivity contribution in [2.45, 2.75) is 0 Å². The van der Waals surface area contributed by atoms with E-state index in [1.54, 1.807) is 38.6 Å². The lowest BCUT2D eigenvalue weighted by molar-refractivity contribution is 0.146. The highest BCUT2D eigenvalue weighted by Gasteiger charge is 2.05. The van der Waals surface area contributed by atoms with Gasteiger partial charge in [0.2, 0.25) is 11.8 Å². The normalized spacial score (nSPS) is 10.2. The zero-order valence-electron chi connectivity index (χ0n) is 11.8. The molecule has 0 saturated carbocycles. The molecule has 0 amide bonds. The van der Waals surface area contributed by atoms with Crippen molar-refractivity contribution in [1.29, 1.82) is 0 Å². The molecule has 21 heavy (non-hydrogen) atoms. The molecule has 2 rings (SSSR count). The third-order valence-corrected chi connectivity index (χ3v) is 2.87. The lowest BCUT2D eigenvalue weighted by Crippen LogP contribution is -2.04. The lowest BCUT2D eigenvalue weighted by atomic mass is 10.3. The Bertz CT molecular complexity index is 595. The van der Waals surface area contributed by atoms with Crippen molar-refractivity contribution in [3.8, 4) is 11.6 Å². The van der Waals surface area contributed by atoms with Gasteiger partial charge in [-0.05, 0) is 18.2 Å². The molecular weight excluding hydrogens is 294 g/mol. The highest BCUT2D eigenvalue weighted by atomic mass is 35.5. The molecule has 0 unspecified atom stereocenters. The first kappa shape index (κ1) is 15.3. The Hall–Kier alpha value is -2.05. The van der Waals surface area contributed by atoms with Crippen LogP contribution in [0.3, 0.4) is 0 Å². The largest absolute Gasteiger partial charge is 0.490 e. The van der Waals surface area contributed by atoms with Gasteiger partial charge in [-0.15, -0.1) is 0 Å². The van der Waals surface area contributed by atoms with Gasteiger partial charge < -0.3 is 19.5 Å². The van der Waals surface area contributed by atoms with Gasteiger partial charge in [0.25, 0.3) is 0 Å². The van der Waals surface area contributed by atoms with Crippen molar-refractivity contribution in [2.24, 2.45) is 0 Å². The standard InChI is InChI=1S/C14H16ClN3O3/c1-19-7-8-21-12-4-3-10(9-11(12)15)17-14-16-6-5-13(18-14)20-2/h3-6,9H,7-8H2,1-2H3,(H,16,17,18). The maximum atomic E-state index is 6.16. The lowest BCUT2D eigenvalue weighted by Gasteiger charge is -2.10. The number of halogens is 1. The number of benzene rings is 1. The minimum atomic E-state index is 0.429. The van der Waals surface area contributed by atoms with Crippen LogP contribution >= 0.6 is 11.6 Å². The Morgan fingerprint density at radius 2 is 2.05 bits per heavy atom. The summed E-state index contributed by atoms with van der Waals surface area (Å²) in [6.45, 7) is 0.954. The third kappa shape index (κ3) is 4.47. The molecule has 112 valence electrons. The Kier molecular flexibility index (Phi) is 5.59. The molecule has 2 aromatic rings. The summed E-state index contributed by atoms with van der Waals surface area (Å²) in [6, 6.07) is 7.02.